The molecule has 1 aliphatic heterocycles. The van der Waals surface area contributed by atoms with E-state index in [9.17, 15) is 9.59 Å². The lowest BCUT2D eigenvalue weighted by molar-refractivity contribution is 0.0526. The molecule has 0 N–H and O–H groups in total. The fourth-order valence-electron chi connectivity index (χ4n) is 5.74. The van der Waals surface area contributed by atoms with E-state index in [0.717, 1.165) is 25.0 Å². The summed E-state index contributed by atoms with van der Waals surface area (Å²) in [5.74, 6) is -0.799. The van der Waals surface area contributed by atoms with Crippen LogP contribution < -0.4 is 0 Å². The number of ether oxygens (including phenoxy) is 1. The van der Waals surface area contributed by atoms with Crippen LogP contribution in [0.1, 0.15) is 76.3 Å². The van der Waals surface area contributed by atoms with Crippen LogP contribution in [0.25, 0.3) is 22.6 Å². The van der Waals surface area contributed by atoms with Gasteiger partial charge in [-0.3, -0.25) is 4.79 Å². The molecule has 7 rings (SSSR count). The molecular formula is C32H29FN6O3. The first kappa shape index (κ1) is 26.1. The first-order valence-corrected chi connectivity index (χ1v) is 14.2. The van der Waals surface area contributed by atoms with Crippen molar-refractivity contribution < 1.29 is 18.7 Å². The van der Waals surface area contributed by atoms with E-state index in [0.29, 0.717) is 34.8 Å². The number of benzene rings is 2. The summed E-state index contributed by atoms with van der Waals surface area (Å²) >= 11 is 0. The van der Waals surface area contributed by atoms with Crippen molar-refractivity contribution in [3.05, 3.63) is 101 Å². The number of carbonyl (C=O) groups excluding carboxylic acids is 2. The largest absolute Gasteiger partial charge is 0.462 e. The van der Waals surface area contributed by atoms with Gasteiger partial charge in [-0.05, 0) is 62.4 Å². The number of halogens is 1. The number of amides is 1. The number of hydrogen-bond acceptors (Lipinski definition) is 6. The Morgan fingerprint density at radius 3 is 2.71 bits per heavy atom. The van der Waals surface area contributed by atoms with E-state index < -0.39 is 11.8 Å². The van der Waals surface area contributed by atoms with Gasteiger partial charge in [-0.2, -0.15) is 10.2 Å². The predicted octanol–water partition coefficient (Wildman–Crippen LogP) is 5.53. The third-order valence-electron chi connectivity index (χ3n) is 8.11. The Labute approximate surface area is 241 Å². The average molecular weight is 565 g/mol. The first-order chi connectivity index (χ1) is 20.4. The highest BCUT2D eigenvalue weighted by molar-refractivity contribution is 5.93. The predicted molar refractivity (Wildman–Crippen MR) is 153 cm³/mol. The van der Waals surface area contributed by atoms with Gasteiger partial charge >= 0.3 is 5.97 Å². The van der Waals surface area contributed by atoms with Crippen LogP contribution in [0, 0.1) is 5.82 Å². The van der Waals surface area contributed by atoms with E-state index in [1.807, 2.05) is 23.1 Å². The van der Waals surface area contributed by atoms with Crippen molar-refractivity contribution in [1.29, 1.82) is 0 Å². The lowest BCUT2D eigenvalue weighted by Crippen LogP contribution is -2.39. The van der Waals surface area contributed by atoms with E-state index >= 15 is 4.39 Å². The van der Waals surface area contributed by atoms with Crippen LogP contribution in [0.3, 0.4) is 0 Å². The Hall–Kier alpha value is -4.86. The molecule has 1 atom stereocenters. The normalized spacial score (nSPS) is 16.5. The molecule has 0 saturated heterocycles. The maximum atomic E-state index is 15.5. The fraction of sp³-hybridized carbons (Fsp3) is 0.281. The van der Waals surface area contributed by atoms with Gasteiger partial charge in [0.15, 0.2) is 5.65 Å². The lowest BCUT2D eigenvalue weighted by atomic mass is 9.93. The van der Waals surface area contributed by atoms with Gasteiger partial charge in [0, 0.05) is 42.0 Å². The number of carbonyl (C=O) groups is 2. The Balaban J connectivity index is 1.21. The van der Waals surface area contributed by atoms with Gasteiger partial charge in [0.25, 0.3) is 5.91 Å². The molecule has 9 nitrogen and oxygen atoms in total. The third-order valence-corrected chi connectivity index (χ3v) is 8.11. The Bertz CT molecular complexity index is 1860. The molecular weight excluding hydrogens is 535 g/mol. The van der Waals surface area contributed by atoms with Gasteiger partial charge in [-0.1, -0.05) is 24.3 Å². The topological polar surface area (TPSA) is 94.6 Å². The third kappa shape index (κ3) is 4.52. The number of rotatable bonds is 6. The van der Waals surface area contributed by atoms with Crippen LogP contribution in [0.4, 0.5) is 4.39 Å². The summed E-state index contributed by atoms with van der Waals surface area (Å²) in [6.07, 6.45) is 5.72. The summed E-state index contributed by atoms with van der Waals surface area (Å²) < 4.78 is 23.6. The maximum absolute atomic E-state index is 15.5. The monoisotopic (exact) mass is 564 g/mol. The highest BCUT2D eigenvalue weighted by Crippen LogP contribution is 2.41. The zero-order valence-corrected chi connectivity index (χ0v) is 23.3. The van der Waals surface area contributed by atoms with Crippen LogP contribution in [0.5, 0.6) is 0 Å². The second-order valence-corrected chi connectivity index (χ2v) is 10.8. The second-order valence-electron chi connectivity index (χ2n) is 10.8. The molecule has 10 heteroatoms. The van der Waals surface area contributed by atoms with E-state index in [1.165, 1.54) is 34.3 Å². The van der Waals surface area contributed by atoms with Gasteiger partial charge in [0.05, 0.1) is 35.8 Å². The van der Waals surface area contributed by atoms with Crippen molar-refractivity contribution in [3.63, 3.8) is 0 Å². The number of nitrogens with zero attached hydrogens (tertiary/aromatic N) is 6. The minimum atomic E-state index is -0.492. The van der Waals surface area contributed by atoms with Crippen molar-refractivity contribution in [2.45, 2.75) is 45.1 Å². The summed E-state index contributed by atoms with van der Waals surface area (Å²) in [7, 11) is 0. The maximum Gasteiger partial charge on any atom is 0.341 e. The molecule has 0 spiro atoms. The summed E-state index contributed by atoms with van der Waals surface area (Å²) in [5, 5.41) is 8.89. The number of esters is 1. The molecule has 2 aromatic carbocycles. The average Bonchev–Trinajstić information content (AvgIpc) is 3.55. The van der Waals surface area contributed by atoms with E-state index in [-0.39, 0.29) is 30.0 Å². The Morgan fingerprint density at radius 1 is 1.10 bits per heavy atom. The standard InChI is InChI=1S/C32H29FN6O3/c1-3-42-32(41)22-17-34-38(18-22)23-10-11-25(26(33)14-23)27-16-30-35-28(15-29(21-8-9-21)39(30)36-27)31(40)37-13-12-20-6-4-5-7-24(20)19(37)2/h4-7,10-11,14-19,21H,3,8-9,12-13H2,1-2H3. The van der Waals surface area contributed by atoms with Gasteiger partial charge in [-0.15, -0.1) is 0 Å². The molecule has 212 valence electrons. The molecule has 1 amide bonds. The Kier molecular flexibility index (Phi) is 6.33. The van der Waals surface area contributed by atoms with Crippen LogP contribution in [0.2, 0.25) is 0 Å². The molecule has 42 heavy (non-hydrogen) atoms. The first-order valence-electron chi connectivity index (χ1n) is 14.2. The fourth-order valence-corrected chi connectivity index (χ4v) is 5.74. The Morgan fingerprint density at radius 2 is 1.93 bits per heavy atom. The number of hydrogen-bond donors (Lipinski definition) is 0. The van der Waals surface area contributed by atoms with E-state index in [2.05, 4.69) is 24.2 Å². The molecule has 3 aromatic heterocycles. The molecule has 5 aromatic rings. The molecule has 2 aliphatic rings. The zero-order valence-electron chi connectivity index (χ0n) is 23.3. The molecule has 0 radical (unpaired) electrons. The van der Waals surface area contributed by atoms with Crippen LogP contribution in [0.15, 0.2) is 67.0 Å². The molecule has 1 fully saturated rings. The molecule has 1 aliphatic carbocycles. The summed E-state index contributed by atoms with van der Waals surface area (Å²) in [6.45, 7) is 4.67. The smallest absolute Gasteiger partial charge is 0.341 e. The van der Waals surface area contributed by atoms with Crippen molar-refractivity contribution in [3.8, 4) is 16.9 Å². The van der Waals surface area contributed by atoms with Gasteiger partial charge in [0.1, 0.15) is 11.5 Å². The highest BCUT2D eigenvalue weighted by atomic mass is 19.1. The van der Waals surface area contributed by atoms with Crippen molar-refractivity contribution in [2.24, 2.45) is 0 Å². The van der Waals surface area contributed by atoms with Gasteiger partial charge < -0.3 is 9.64 Å². The van der Waals surface area contributed by atoms with E-state index in [1.54, 1.807) is 29.6 Å². The van der Waals surface area contributed by atoms with E-state index in [4.69, 9.17) is 14.8 Å². The zero-order chi connectivity index (χ0) is 29.0. The molecule has 4 heterocycles. The van der Waals surface area contributed by atoms with Crippen LogP contribution in [-0.2, 0) is 11.2 Å². The number of aromatic nitrogens is 5. The molecule has 1 saturated carbocycles. The lowest BCUT2D eigenvalue weighted by Gasteiger charge is -2.35. The quantitative estimate of drug-likeness (QED) is 0.252. The van der Waals surface area contributed by atoms with Gasteiger partial charge in [0.2, 0.25) is 0 Å². The van der Waals surface area contributed by atoms with Crippen LogP contribution in [-0.4, -0.2) is 54.3 Å². The highest BCUT2D eigenvalue weighted by Gasteiger charge is 2.32. The second kappa shape index (κ2) is 10.2. The minimum absolute atomic E-state index is 0.0545. The van der Waals surface area contributed by atoms with Crippen LogP contribution >= 0.6 is 0 Å². The summed E-state index contributed by atoms with van der Waals surface area (Å²) in [6, 6.07) is 16.5. The van der Waals surface area contributed by atoms with Crippen molar-refractivity contribution in [2.75, 3.05) is 13.2 Å². The van der Waals surface area contributed by atoms with Crippen molar-refractivity contribution >= 4 is 17.5 Å². The summed E-state index contributed by atoms with van der Waals surface area (Å²) in [4.78, 5) is 32.4. The number of fused-ring (bicyclic) bond motifs is 2. The minimum Gasteiger partial charge on any atom is -0.462 e. The summed E-state index contributed by atoms with van der Waals surface area (Å²) in [5.41, 5.74) is 5.72. The molecule has 0 bridgehead atoms. The SMILES string of the molecule is CCOC(=O)c1cnn(-c2ccc(-c3cc4nc(C(=O)N5CCc6ccccc6C5C)cc(C5CC5)n4n3)c(F)c2)c1. The molecule has 1 unspecified atom stereocenters. The van der Waals surface area contributed by atoms with Gasteiger partial charge in [-0.25, -0.2) is 23.4 Å². The van der Waals surface area contributed by atoms with Crippen molar-refractivity contribution in [1.82, 2.24) is 29.3 Å².